The molecule has 0 fully saturated rings. The predicted octanol–water partition coefficient (Wildman–Crippen LogP) is 5.32. The predicted molar refractivity (Wildman–Crippen MR) is 93.6 cm³/mol. The second-order valence-electron chi connectivity index (χ2n) is 6.35. The summed E-state index contributed by atoms with van der Waals surface area (Å²) in [5.74, 6) is -4.56. The molecule has 6 heteroatoms. The third kappa shape index (κ3) is 3.87. The van der Waals surface area contributed by atoms with Crippen molar-refractivity contribution in [1.82, 2.24) is 0 Å². The summed E-state index contributed by atoms with van der Waals surface area (Å²) in [5.41, 5.74) is 1.72. The molecule has 27 heavy (non-hydrogen) atoms. The molecule has 1 aliphatic carbocycles. The number of aryl methyl sites for hydroxylation is 1. The molecule has 0 aromatic heterocycles. The Morgan fingerprint density at radius 1 is 1.11 bits per heavy atom. The quantitative estimate of drug-likeness (QED) is 0.540. The molecule has 1 aliphatic rings. The van der Waals surface area contributed by atoms with Gasteiger partial charge < -0.3 is 4.74 Å². The van der Waals surface area contributed by atoms with Gasteiger partial charge >= 0.3 is 5.97 Å². The number of benzene rings is 2. The van der Waals surface area contributed by atoms with Gasteiger partial charge in [-0.1, -0.05) is 25.0 Å². The Bertz CT molecular complexity index is 967. The van der Waals surface area contributed by atoms with E-state index in [1.807, 2.05) is 6.08 Å². The Balaban J connectivity index is 1.88. The highest BCUT2D eigenvalue weighted by Crippen LogP contribution is 2.29. The molecule has 0 N–H and O–H groups in total. The van der Waals surface area contributed by atoms with E-state index in [4.69, 9.17) is 10.00 Å². The van der Waals surface area contributed by atoms with Crippen molar-refractivity contribution in [3.8, 4) is 11.8 Å². The number of fused-ring (bicyclic) bond motifs is 1. The summed E-state index contributed by atoms with van der Waals surface area (Å²) in [6.07, 6.45) is 5.41. The van der Waals surface area contributed by atoms with E-state index in [2.05, 4.69) is 6.92 Å². The maximum atomic E-state index is 14.4. The third-order valence-corrected chi connectivity index (χ3v) is 4.43. The first kappa shape index (κ1) is 18.7. The number of hydrogen-bond acceptors (Lipinski definition) is 3. The monoisotopic (exact) mass is 371 g/mol. The molecule has 3 rings (SSSR count). The molecule has 3 nitrogen and oxygen atoms in total. The summed E-state index contributed by atoms with van der Waals surface area (Å²) in [7, 11) is 0. The Labute approximate surface area is 154 Å². The standard InChI is InChI=1S/C21H16F3NO2/c1-2-3-12-4-5-13-7-16(18(22)8-14(13)6-12)21(26)27-15-9-19(23)17(11-25)20(24)10-15/h6-10H,2-5H2,1H3. The van der Waals surface area contributed by atoms with Crippen LogP contribution in [-0.4, -0.2) is 5.97 Å². The van der Waals surface area contributed by atoms with Crippen molar-refractivity contribution in [2.75, 3.05) is 0 Å². The van der Waals surface area contributed by atoms with Gasteiger partial charge in [-0.15, -0.1) is 0 Å². The van der Waals surface area contributed by atoms with E-state index in [1.54, 1.807) is 0 Å². The summed E-state index contributed by atoms with van der Waals surface area (Å²) in [4.78, 5) is 12.3. The van der Waals surface area contributed by atoms with E-state index in [-0.39, 0.29) is 5.56 Å². The first-order valence-corrected chi connectivity index (χ1v) is 8.56. The lowest BCUT2D eigenvalue weighted by Gasteiger charge is -2.17. The van der Waals surface area contributed by atoms with Gasteiger partial charge in [-0.25, -0.2) is 18.0 Å². The lowest BCUT2D eigenvalue weighted by molar-refractivity contribution is 0.0729. The van der Waals surface area contributed by atoms with E-state index >= 15 is 0 Å². The summed E-state index contributed by atoms with van der Waals surface area (Å²) in [6.45, 7) is 2.07. The van der Waals surface area contributed by atoms with Crippen molar-refractivity contribution in [3.05, 3.63) is 69.5 Å². The Kier molecular flexibility index (Phi) is 5.31. The van der Waals surface area contributed by atoms with Crippen LogP contribution in [0, 0.1) is 28.8 Å². The molecule has 0 radical (unpaired) electrons. The van der Waals surface area contributed by atoms with Crippen LogP contribution in [0.5, 0.6) is 5.75 Å². The van der Waals surface area contributed by atoms with E-state index in [0.717, 1.165) is 42.5 Å². The molecule has 0 saturated carbocycles. The van der Waals surface area contributed by atoms with Gasteiger partial charge in [-0.05, 0) is 42.5 Å². The van der Waals surface area contributed by atoms with Crippen LogP contribution < -0.4 is 4.74 Å². The minimum Gasteiger partial charge on any atom is -0.423 e. The molecule has 0 heterocycles. The van der Waals surface area contributed by atoms with Gasteiger partial charge in [0.2, 0.25) is 0 Å². The number of nitrogens with zero attached hydrogens (tertiary/aromatic N) is 1. The largest absolute Gasteiger partial charge is 0.423 e. The number of carbonyl (C=O) groups excluding carboxylic acids is 1. The summed E-state index contributed by atoms with van der Waals surface area (Å²) in [6, 6.07) is 5.51. The first-order chi connectivity index (χ1) is 12.9. The molecular weight excluding hydrogens is 355 g/mol. The van der Waals surface area contributed by atoms with Gasteiger partial charge in [0.25, 0.3) is 0 Å². The average Bonchev–Trinajstić information content (AvgIpc) is 2.61. The number of rotatable bonds is 4. The molecule has 0 aliphatic heterocycles. The molecule has 0 bridgehead atoms. The smallest absolute Gasteiger partial charge is 0.346 e. The number of nitriles is 1. The van der Waals surface area contributed by atoms with E-state index in [1.165, 1.54) is 23.8 Å². The van der Waals surface area contributed by atoms with Gasteiger partial charge in [0, 0.05) is 12.1 Å². The van der Waals surface area contributed by atoms with Gasteiger partial charge in [-0.2, -0.15) is 5.26 Å². The number of halogens is 3. The molecule has 0 amide bonds. The second-order valence-corrected chi connectivity index (χ2v) is 6.35. The molecule has 0 saturated heterocycles. The van der Waals surface area contributed by atoms with E-state index < -0.39 is 34.7 Å². The Morgan fingerprint density at radius 2 is 1.81 bits per heavy atom. The lowest BCUT2D eigenvalue weighted by atomic mass is 9.89. The highest BCUT2D eigenvalue weighted by Gasteiger charge is 2.21. The third-order valence-electron chi connectivity index (χ3n) is 4.43. The van der Waals surface area contributed by atoms with Crippen LogP contribution in [-0.2, 0) is 6.42 Å². The van der Waals surface area contributed by atoms with Crippen molar-refractivity contribution in [3.63, 3.8) is 0 Å². The maximum Gasteiger partial charge on any atom is 0.346 e. The minimum absolute atomic E-state index is 0.300. The molecular formula is C21H16F3NO2. The number of esters is 1. The molecule has 2 aromatic rings. The zero-order valence-corrected chi connectivity index (χ0v) is 14.6. The van der Waals surface area contributed by atoms with Crippen LogP contribution in [0.3, 0.4) is 0 Å². The van der Waals surface area contributed by atoms with Crippen molar-refractivity contribution >= 4 is 12.0 Å². The van der Waals surface area contributed by atoms with Crippen LogP contribution in [0.15, 0.2) is 29.8 Å². The van der Waals surface area contributed by atoms with Gasteiger partial charge in [0.05, 0.1) is 5.56 Å². The highest BCUT2D eigenvalue weighted by atomic mass is 19.1. The summed E-state index contributed by atoms with van der Waals surface area (Å²) < 4.78 is 46.6. The van der Waals surface area contributed by atoms with Crippen molar-refractivity contribution in [2.45, 2.75) is 32.6 Å². The van der Waals surface area contributed by atoms with Crippen molar-refractivity contribution < 1.29 is 22.7 Å². The maximum absolute atomic E-state index is 14.4. The van der Waals surface area contributed by atoms with Gasteiger partial charge in [-0.3, -0.25) is 0 Å². The van der Waals surface area contributed by atoms with E-state index in [9.17, 15) is 18.0 Å². The van der Waals surface area contributed by atoms with Crippen LogP contribution in [0.2, 0.25) is 0 Å². The van der Waals surface area contributed by atoms with Gasteiger partial charge in [0.15, 0.2) is 0 Å². The van der Waals surface area contributed by atoms with E-state index in [0.29, 0.717) is 6.42 Å². The van der Waals surface area contributed by atoms with Crippen LogP contribution in [0.4, 0.5) is 13.2 Å². The molecule has 0 spiro atoms. The molecule has 138 valence electrons. The molecule has 0 unspecified atom stereocenters. The van der Waals surface area contributed by atoms with Crippen LogP contribution >= 0.6 is 0 Å². The summed E-state index contributed by atoms with van der Waals surface area (Å²) >= 11 is 0. The van der Waals surface area contributed by atoms with Crippen molar-refractivity contribution in [1.29, 1.82) is 5.26 Å². The zero-order valence-electron chi connectivity index (χ0n) is 14.6. The number of allylic oxidation sites excluding steroid dienone is 1. The lowest BCUT2D eigenvalue weighted by Crippen LogP contribution is -2.13. The topological polar surface area (TPSA) is 50.1 Å². The normalized spacial score (nSPS) is 12.8. The Hall–Kier alpha value is -3.07. The summed E-state index contributed by atoms with van der Waals surface area (Å²) in [5, 5.41) is 8.66. The number of ether oxygens (including phenoxy) is 1. The fourth-order valence-electron chi connectivity index (χ4n) is 3.12. The number of carbonyl (C=O) groups is 1. The second kappa shape index (κ2) is 7.67. The number of hydrogen-bond donors (Lipinski definition) is 0. The fourth-order valence-corrected chi connectivity index (χ4v) is 3.12. The Morgan fingerprint density at radius 3 is 2.44 bits per heavy atom. The molecule has 0 atom stereocenters. The first-order valence-electron chi connectivity index (χ1n) is 8.56. The SMILES string of the molecule is CCCC1=Cc2cc(F)c(C(=O)Oc3cc(F)c(C#N)c(F)c3)cc2CC1. The molecule has 2 aromatic carbocycles. The van der Waals surface area contributed by atoms with Crippen molar-refractivity contribution in [2.24, 2.45) is 0 Å². The van der Waals surface area contributed by atoms with Crippen LogP contribution in [0.25, 0.3) is 6.08 Å². The highest BCUT2D eigenvalue weighted by molar-refractivity contribution is 5.92. The average molecular weight is 371 g/mol. The fraction of sp³-hybridized carbons (Fsp3) is 0.238. The zero-order chi connectivity index (χ0) is 19.6. The van der Waals surface area contributed by atoms with Crippen LogP contribution in [0.1, 0.15) is 53.2 Å². The minimum atomic E-state index is -1.15. The van der Waals surface area contributed by atoms with Gasteiger partial charge in [0.1, 0.15) is 34.8 Å².